The van der Waals surface area contributed by atoms with Crippen LogP contribution in [0.25, 0.3) is 0 Å². The Hall–Kier alpha value is -0.810. The van der Waals surface area contributed by atoms with Crippen LogP contribution in [0.4, 0.5) is 0 Å². The van der Waals surface area contributed by atoms with Crippen molar-refractivity contribution in [1.29, 1.82) is 0 Å². The molecular formula is C13H17Cl2NO3. The number of hydrogen-bond donors (Lipinski definition) is 1. The Balaban J connectivity index is 2.67. The molecule has 0 bridgehead atoms. The van der Waals surface area contributed by atoms with Gasteiger partial charge in [0.1, 0.15) is 5.60 Å². The zero-order valence-corrected chi connectivity index (χ0v) is 12.6. The Morgan fingerprint density at radius 3 is 2.53 bits per heavy atom. The van der Waals surface area contributed by atoms with E-state index in [1.165, 1.54) is 6.07 Å². The largest absolute Gasteiger partial charge is 0.382 e. The molecule has 0 aliphatic rings. The van der Waals surface area contributed by atoms with Crippen LogP contribution in [0.15, 0.2) is 18.2 Å². The molecule has 1 rings (SSSR count). The van der Waals surface area contributed by atoms with Crippen LogP contribution in [0.2, 0.25) is 10.0 Å². The minimum atomic E-state index is -0.569. The van der Waals surface area contributed by atoms with Gasteiger partial charge >= 0.3 is 0 Å². The maximum absolute atomic E-state index is 12.0. The Bertz CT molecular complexity index is 454. The van der Waals surface area contributed by atoms with Gasteiger partial charge in [-0.25, -0.2) is 0 Å². The molecular weight excluding hydrogens is 289 g/mol. The molecule has 0 fully saturated rings. The molecule has 0 heterocycles. The van der Waals surface area contributed by atoms with Crippen molar-refractivity contribution in [3.63, 3.8) is 0 Å². The highest BCUT2D eigenvalue weighted by molar-refractivity contribution is 6.42. The van der Waals surface area contributed by atoms with E-state index in [9.17, 15) is 4.79 Å². The van der Waals surface area contributed by atoms with E-state index >= 15 is 0 Å². The number of amides is 1. The Kier molecular flexibility index (Phi) is 6.07. The van der Waals surface area contributed by atoms with E-state index < -0.39 is 5.60 Å². The van der Waals surface area contributed by atoms with Gasteiger partial charge in [0.05, 0.1) is 16.7 Å². The summed E-state index contributed by atoms with van der Waals surface area (Å²) in [4.78, 5) is 12.0. The van der Waals surface area contributed by atoms with Gasteiger partial charge in [0.2, 0.25) is 0 Å². The van der Waals surface area contributed by atoms with Gasteiger partial charge in [-0.15, -0.1) is 0 Å². The summed E-state index contributed by atoms with van der Waals surface area (Å²) in [6.07, 6.45) is 0. The highest BCUT2D eigenvalue weighted by atomic mass is 35.5. The van der Waals surface area contributed by atoms with E-state index in [-0.39, 0.29) is 5.91 Å². The minimum Gasteiger partial charge on any atom is -0.382 e. The normalized spacial score (nSPS) is 13.9. The fourth-order valence-corrected chi connectivity index (χ4v) is 1.79. The topological polar surface area (TPSA) is 47.6 Å². The summed E-state index contributed by atoms with van der Waals surface area (Å²) in [5.41, 5.74) is -0.119. The zero-order chi connectivity index (χ0) is 14.5. The van der Waals surface area contributed by atoms with Crippen LogP contribution in [0.5, 0.6) is 0 Å². The number of hydrogen-bond acceptors (Lipinski definition) is 3. The number of benzene rings is 1. The summed E-state index contributed by atoms with van der Waals surface area (Å²) in [5.74, 6) is -0.238. The van der Waals surface area contributed by atoms with Crippen molar-refractivity contribution < 1.29 is 14.3 Å². The number of carbonyl (C=O) groups is 1. The molecule has 0 spiro atoms. The van der Waals surface area contributed by atoms with E-state index in [1.807, 2.05) is 6.92 Å². The highest BCUT2D eigenvalue weighted by Gasteiger charge is 2.24. The van der Waals surface area contributed by atoms with Gasteiger partial charge < -0.3 is 14.8 Å². The van der Waals surface area contributed by atoms with Crippen molar-refractivity contribution in [3.8, 4) is 0 Å². The van der Waals surface area contributed by atoms with E-state index in [0.29, 0.717) is 28.8 Å². The molecule has 1 atom stereocenters. The molecule has 1 amide bonds. The summed E-state index contributed by atoms with van der Waals surface area (Å²) < 4.78 is 10.4. The van der Waals surface area contributed by atoms with Crippen molar-refractivity contribution in [2.45, 2.75) is 12.5 Å². The first kappa shape index (κ1) is 16.2. The number of methoxy groups -OCH3 is 2. The number of ether oxygens (including phenoxy) is 2. The third kappa shape index (κ3) is 4.66. The summed E-state index contributed by atoms with van der Waals surface area (Å²) in [5, 5.41) is 3.54. The summed E-state index contributed by atoms with van der Waals surface area (Å²) in [6.45, 7) is 2.56. The van der Waals surface area contributed by atoms with Crippen LogP contribution in [-0.2, 0) is 9.47 Å². The molecule has 4 nitrogen and oxygen atoms in total. The second-order valence-electron chi connectivity index (χ2n) is 4.40. The van der Waals surface area contributed by atoms with Gasteiger partial charge in [-0.3, -0.25) is 4.79 Å². The van der Waals surface area contributed by atoms with Crippen LogP contribution in [-0.4, -0.2) is 38.9 Å². The zero-order valence-electron chi connectivity index (χ0n) is 11.1. The van der Waals surface area contributed by atoms with Crippen molar-refractivity contribution >= 4 is 29.1 Å². The van der Waals surface area contributed by atoms with Crippen LogP contribution in [0, 0.1) is 0 Å². The highest BCUT2D eigenvalue weighted by Crippen LogP contribution is 2.22. The lowest BCUT2D eigenvalue weighted by Crippen LogP contribution is -2.45. The fraction of sp³-hybridized carbons (Fsp3) is 0.462. The molecule has 1 unspecified atom stereocenters. The maximum Gasteiger partial charge on any atom is 0.251 e. The standard InChI is InChI=1S/C13H17Cl2NO3/c1-13(19-3,8-18-2)7-16-12(17)9-4-5-10(14)11(15)6-9/h4-6H,7-8H2,1-3H3,(H,16,17). The van der Waals surface area contributed by atoms with Crippen molar-refractivity contribution in [3.05, 3.63) is 33.8 Å². The van der Waals surface area contributed by atoms with Gasteiger partial charge in [-0.1, -0.05) is 23.2 Å². The summed E-state index contributed by atoms with van der Waals surface area (Å²) in [6, 6.07) is 4.73. The van der Waals surface area contributed by atoms with Crippen molar-refractivity contribution in [2.75, 3.05) is 27.4 Å². The third-order valence-electron chi connectivity index (χ3n) is 2.75. The van der Waals surface area contributed by atoms with Crippen LogP contribution < -0.4 is 5.32 Å². The van der Waals surface area contributed by atoms with Gasteiger partial charge in [0.15, 0.2) is 0 Å². The minimum absolute atomic E-state index is 0.238. The Labute approximate surface area is 123 Å². The molecule has 106 valence electrons. The molecule has 0 aliphatic heterocycles. The third-order valence-corrected chi connectivity index (χ3v) is 3.49. The molecule has 1 aromatic carbocycles. The van der Waals surface area contributed by atoms with Crippen LogP contribution in [0.3, 0.4) is 0 Å². The molecule has 0 radical (unpaired) electrons. The number of halogens is 2. The quantitative estimate of drug-likeness (QED) is 0.879. The number of carbonyl (C=O) groups excluding carboxylic acids is 1. The van der Waals surface area contributed by atoms with Crippen molar-refractivity contribution in [1.82, 2.24) is 5.32 Å². The molecule has 0 saturated carbocycles. The maximum atomic E-state index is 12.0. The van der Waals surface area contributed by atoms with Gasteiger partial charge in [0.25, 0.3) is 5.91 Å². The predicted molar refractivity (Wildman–Crippen MR) is 76.1 cm³/mol. The molecule has 1 N–H and O–H groups in total. The monoisotopic (exact) mass is 305 g/mol. The van der Waals surface area contributed by atoms with Crippen LogP contribution >= 0.6 is 23.2 Å². The van der Waals surface area contributed by atoms with E-state index in [1.54, 1.807) is 26.4 Å². The molecule has 0 aliphatic carbocycles. The number of rotatable bonds is 6. The van der Waals surface area contributed by atoms with E-state index in [2.05, 4.69) is 5.32 Å². The lowest BCUT2D eigenvalue weighted by atomic mass is 10.1. The molecule has 19 heavy (non-hydrogen) atoms. The first-order valence-electron chi connectivity index (χ1n) is 5.69. The first-order valence-corrected chi connectivity index (χ1v) is 6.45. The average Bonchev–Trinajstić information content (AvgIpc) is 2.39. The predicted octanol–water partition coefficient (Wildman–Crippen LogP) is 2.77. The molecule has 0 aromatic heterocycles. The fourth-order valence-electron chi connectivity index (χ4n) is 1.49. The SMILES string of the molecule is COCC(C)(CNC(=O)c1ccc(Cl)c(Cl)c1)OC. The summed E-state index contributed by atoms with van der Waals surface area (Å²) >= 11 is 11.7. The van der Waals surface area contributed by atoms with Crippen LogP contribution in [0.1, 0.15) is 17.3 Å². The average molecular weight is 306 g/mol. The van der Waals surface area contributed by atoms with E-state index in [0.717, 1.165) is 0 Å². The lowest BCUT2D eigenvalue weighted by Gasteiger charge is -2.27. The first-order chi connectivity index (χ1) is 8.91. The molecule has 1 aromatic rings. The second-order valence-corrected chi connectivity index (χ2v) is 5.21. The van der Waals surface area contributed by atoms with Gasteiger partial charge in [0, 0.05) is 26.3 Å². The van der Waals surface area contributed by atoms with E-state index in [4.69, 9.17) is 32.7 Å². The Morgan fingerprint density at radius 2 is 2.00 bits per heavy atom. The Morgan fingerprint density at radius 1 is 1.32 bits per heavy atom. The smallest absolute Gasteiger partial charge is 0.251 e. The van der Waals surface area contributed by atoms with Gasteiger partial charge in [-0.2, -0.15) is 0 Å². The number of nitrogens with one attached hydrogen (secondary N) is 1. The lowest BCUT2D eigenvalue weighted by molar-refractivity contribution is -0.0479. The van der Waals surface area contributed by atoms with Crippen molar-refractivity contribution in [2.24, 2.45) is 0 Å². The van der Waals surface area contributed by atoms with Gasteiger partial charge in [-0.05, 0) is 25.1 Å². The second kappa shape index (κ2) is 7.10. The summed E-state index contributed by atoms with van der Waals surface area (Å²) in [7, 11) is 3.16. The molecule has 0 saturated heterocycles. The molecule has 6 heteroatoms.